The highest BCUT2D eigenvalue weighted by Crippen LogP contribution is 2.37. The average Bonchev–Trinajstić information content (AvgIpc) is 2.60. The van der Waals surface area contributed by atoms with Gasteiger partial charge in [-0.15, -0.1) is 0 Å². The number of halogens is 1. The molecule has 0 saturated heterocycles. The maximum absolute atomic E-state index is 3.62. The summed E-state index contributed by atoms with van der Waals surface area (Å²) < 4.78 is 1.12. The van der Waals surface area contributed by atoms with Gasteiger partial charge < -0.3 is 0 Å². The van der Waals surface area contributed by atoms with Crippen LogP contribution < -0.4 is 0 Å². The Kier molecular flexibility index (Phi) is 2.74. The molecule has 5 aromatic rings. The summed E-state index contributed by atoms with van der Waals surface area (Å²) in [5.74, 6) is 0. The first-order valence-corrected chi connectivity index (χ1v) is 8.53. The second-order valence-corrected chi connectivity index (χ2v) is 6.90. The lowest BCUT2D eigenvalue weighted by Gasteiger charge is -2.12. The van der Waals surface area contributed by atoms with Crippen molar-refractivity contribution in [1.82, 2.24) is 0 Å². The molecule has 0 aliphatic rings. The predicted octanol–water partition coefficient (Wildman–Crippen LogP) is 7.06. The molecule has 1 heteroatoms. The zero-order valence-electron chi connectivity index (χ0n) is 12.4. The van der Waals surface area contributed by atoms with E-state index in [-0.39, 0.29) is 0 Å². The van der Waals surface area contributed by atoms with Gasteiger partial charge >= 0.3 is 0 Å². The second kappa shape index (κ2) is 4.81. The molecule has 0 N–H and O–H groups in total. The molecular formula is C22H13Br. The van der Waals surface area contributed by atoms with E-state index in [1.807, 2.05) is 0 Å². The molecule has 5 aromatic carbocycles. The fourth-order valence-corrected chi connectivity index (χ4v) is 3.97. The largest absolute Gasteiger partial charge is 0.0616 e. The Morgan fingerprint density at radius 3 is 1.52 bits per heavy atom. The molecule has 0 bridgehead atoms. The van der Waals surface area contributed by atoms with Crippen LogP contribution in [-0.2, 0) is 0 Å². The van der Waals surface area contributed by atoms with E-state index in [4.69, 9.17) is 0 Å². The topological polar surface area (TPSA) is 0 Å². The van der Waals surface area contributed by atoms with Gasteiger partial charge in [-0.25, -0.2) is 0 Å². The summed E-state index contributed by atoms with van der Waals surface area (Å²) in [6.45, 7) is 0. The highest BCUT2D eigenvalue weighted by Gasteiger charge is 2.09. The van der Waals surface area contributed by atoms with Crippen LogP contribution in [0, 0.1) is 0 Å². The van der Waals surface area contributed by atoms with E-state index >= 15 is 0 Å². The van der Waals surface area contributed by atoms with Gasteiger partial charge in [0.1, 0.15) is 0 Å². The van der Waals surface area contributed by atoms with Crippen molar-refractivity contribution in [1.29, 1.82) is 0 Å². The summed E-state index contributed by atoms with van der Waals surface area (Å²) >= 11 is 3.62. The zero-order chi connectivity index (χ0) is 15.4. The summed E-state index contributed by atoms with van der Waals surface area (Å²) in [6, 6.07) is 28.5. The summed E-state index contributed by atoms with van der Waals surface area (Å²) in [4.78, 5) is 0. The van der Waals surface area contributed by atoms with Gasteiger partial charge in [-0.3, -0.25) is 0 Å². The molecule has 0 amide bonds. The van der Waals surface area contributed by atoms with Crippen molar-refractivity contribution in [2.75, 3.05) is 0 Å². The van der Waals surface area contributed by atoms with Crippen molar-refractivity contribution in [3.63, 3.8) is 0 Å². The third-order valence-electron chi connectivity index (χ3n) is 4.67. The van der Waals surface area contributed by atoms with Crippen molar-refractivity contribution in [3.05, 3.63) is 83.3 Å². The highest BCUT2D eigenvalue weighted by molar-refractivity contribution is 9.10. The number of hydrogen-bond acceptors (Lipinski definition) is 0. The van der Waals surface area contributed by atoms with Gasteiger partial charge in [0.05, 0.1) is 0 Å². The number of benzene rings is 5. The SMILES string of the molecule is Brc1ccc2c(c1)c1ccccc1c1cc3ccccc3cc21. The molecule has 0 saturated carbocycles. The normalized spacial score (nSPS) is 11.7. The van der Waals surface area contributed by atoms with Crippen molar-refractivity contribution in [2.24, 2.45) is 0 Å². The van der Waals surface area contributed by atoms with Gasteiger partial charge in [0.15, 0.2) is 0 Å². The third-order valence-corrected chi connectivity index (χ3v) is 5.16. The van der Waals surface area contributed by atoms with E-state index in [2.05, 4.69) is 94.8 Å². The van der Waals surface area contributed by atoms with E-state index in [0.717, 1.165) is 4.47 Å². The van der Waals surface area contributed by atoms with E-state index in [1.165, 1.54) is 43.1 Å². The van der Waals surface area contributed by atoms with E-state index in [0.29, 0.717) is 0 Å². The predicted molar refractivity (Wildman–Crippen MR) is 104 cm³/mol. The lowest BCUT2D eigenvalue weighted by molar-refractivity contribution is 1.74. The van der Waals surface area contributed by atoms with Crippen LogP contribution in [0.1, 0.15) is 0 Å². The first kappa shape index (κ1) is 13.1. The van der Waals surface area contributed by atoms with Crippen LogP contribution >= 0.6 is 15.9 Å². The van der Waals surface area contributed by atoms with Crippen molar-refractivity contribution in [2.45, 2.75) is 0 Å². The monoisotopic (exact) mass is 356 g/mol. The van der Waals surface area contributed by atoms with E-state index in [9.17, 15) is 0 Å². The Hall–Kier alpha value is -2.38. The van der Waals surface area contributed by atoms with Crippen LogP contribution in [0.4, 0.5) is 0 Å². The number of hydrogen-bond donors (Lipinski definition) is 0. The standard InChI is InChI=1S/C22H13Br/c23-16-9-10-19-21-12-15-6-2-1-5-14(15)11-20(21)17-7-3-4-8-18(17)22(19)13-16/h1-13H. The third kappa shape index (κ3) is 1.90. The fraction of sp³-hybridized carbons (Fsp3) is 0. The lowest BCUT2D eigenvalue weighted by Crippen LogP contribution is -1.84. The molecule has 23 heavy (non-hydrogen) atoms. The molecule has 0 unspecified atom stereocenters. The van der Waals surface area contributed by atoms with Crippen LogP contribution in [0.25, 0.3) is 43.1 Å². The number of fused-ring (bicyclic) bond motifs is 7. The fourth-order valence-electron chi connectivity index (χ4n) is 3.61. The molecule has 0 atom stereocenters. The maximum atomic E-state index is 3.62. The molecule has 0 aromatic heterocycles. The Balaban J connectivity index is 2.15. The Morgan fingerprint density at radius 1 is 0.435 bits per heavy atom. The Bertz CT molecular complexity index is 1220. The molecule has 0 heterocycles. The molecule has 5 rings (SSSR count). The summed E-state index contributed by atoms with van der Waals surface area (Å²) in [6.07, 6.45) is 0. The Morgan fingerprint density at radius 2 is 0.913 bits per heavy atom. The molecule has 108 valence electrons. The quantitative estimate of drug-likeness (QED) is 0.206. The zero-order valence-corrected chi connectivity index (χ0v) is 14.0. The average molecular weight is 357 g/mol. The Labute approximate surface area is 142 Å². The first-order chi connectivity index (χ1) is 11.3. The van der Waals surface area contributed by atoms with Gasteiger partial charge in [0.2, 0.25) is 0 Å². The summed E-state index contributed by atoms with van der Waals surface area (Å²) in [5, 5.41) is 10.5. The van der Waals surface area contributed by atoms with E-state index < -0.39 is 0 Å². The van der Waals surface area contributed by atoms with E-state index in [1.54, 1.807) is 0 Å². The van der Waals surface area contributed by atoms with Crippen molar-refractivity contribution >= 4 is 59.0 Å². The molecule has 0 fully saturated rings. The minimum absolute atomic E-state index is 1.12. The van der Waals surface area contributed by atoms with Crippen molar-refractivity contribution in [3.8, 4) is 0 Å². The second-order valence-electron chi connectivity index (χ2n) is 5.98. The molecule has 0 spiro atoms. The van der Waals surface area contributed by atoms with Gasteiger partial charge in [-0.1, -0.05) is 70.5 Å². The van der Waals surface area contributed by atoms with Gasteiger partial charge in [0.25, 0.3) is 0 Å². The summed E-state index contributed by atoms with van der Waals surface area (Å²) in [5.41, 5.74) is 0. The van der Waals surface area contributed by atoms with Crippen LogP contribution in [0.5, 0.6) is 0 Å². The van der Waals surface area contributed by atoms with Gasteiger partial charge in [-0.05, 0) is 67.4 Å². The van der Waals surface area contributed by atoms with Crippen LogP contribution in [0.2, 0.25) is 0 Å². The van der Waals surface area contributed by atoms with Gasteiger partial charge in [0, 0.05) is 4.47 Å². The van der Waals surface area contributed by atoms with Crippen LogP contribution in [0.3, 0.4) is 0 Å². The minimum atomic E-state index is 1.12. The lowest BCUT2D eigenvalue weighted by atomic mass is 9.92. The smallest absolute Gasteiger partial charge is 0.0181 e. The molecule has 0 nitrogen and oxygen atoms in total. The summed E-state index contributed by atoms with van der Waals surface area (Å²) in [7, 11) is 0. The highest BCUT2D eigenvalue weighted by atomic mass is 79.9. The molecule has 0 aliphatic carbocycles. The number of rotatable bonds is 0. The van der Waals surface area contributed by atoms with Crippen LogP contribution in [-0.4, -0.2) is 0 Å². The van der Waals surface area contributed by atoms with Gasteiger partial charge in [-0.2, -0.15) is 0 Å². The molecule has 0 radical (unpaired) electrons. The minimum Gasteiger partial charge on any atom is -0.0616 e. The van der Waals surface area contributed by atoms with Crippen molar-refractivity contribution < 1.29 is 0 Å². The van der Waals surface area contributed by atoms with Crippen LogP contribution in [0.15, 0.2) is 83.3 Å². The maximum Gasteiger partial charge on any atom is 0.0181 e. The molecule has 0 aliphatic heterocycles. The first-order valence-electron chi connectivity index (χ1n) is 7.74. The molecular weight excluding hydrogens is 344 g/mol.